The molecule has 0 atom stereocenters. The standard InChI is InChI=1S/C28H25BrN2O4S/c1-2-34-28(33)25-21-10-6-7-11-24(21)36-27(25)31-26(32)20(16-30)14-19-12-13-23(22(29)15-19)35-17-18-8-4-3-5-9-18/h3-5,8-9,12-15H,2,6-7,10-11,17H2,1H3,(H,31,32)/b20-14+. The van der Waals surface area contributed by atoms with E-state index in [1.165, 1.54) is 17.4 Å². The lowest BCUT2D eigenvalue weighted by atomic mass is 9.95. The molecule has 1 aliphatic rings. The normalized spacial score (nSPS) is 12.9. The van der Waals surface area contributed by atoms with Crippen molar-refractivity contribution in [1.82, 2.24) is 0 Å². The molecule has 1 amide bonds. The highest BCUT2D eigenvalue weighted by molar-refractivity contribution is 9.10. The van der Waals surface area contributed by atoms with Crippen LogP contribution in [-0.4, -0.2) is 18.5 Å². The summed E-state index contributed by atoms with van der Waals surface area (Å²) in [6.45, 7) is 2.43. The van der Waals surface area contributed by atoms with Crippen LogP contribution in [0.3, 0.4) is 0 Å². The van der Waals surface area contributed by atoms with Gasteiger partial charge in [-0.3, -0.25) is 4.79 Å². The number of nitrogens with one attached hydrogen (secondary N) is 1. The molecule has 0 saturated carbocycles. The summed E-state index contributed by atoms with van der Waals surface area (Å²) in [5.41, 5.74) is 3.02. The molecule has 6 nitrogen and oxygen atoms in total. The topological polar surface area (TPSA) is 88.4 Å². The number of aryl methyl sites for hydroxylation is 1. The number of thiophene rings is 1. The summed E-state index contributed by atoms with van der Waals surface area (Å²) in [7, 11) is 0. The number of hydrogen-bond donors (Lipinski definition) is 1. The number of nitrogens with zero attached hydrogens (tertiary/aromatic N) is 1. The third-order valence-corrected chi connectivity index (χ3v) is 7.57. The number of hydrogen-bond acceptors (Lipinski definition) is 6. The van der Waals surface area contributed by atoms with Gasteiger partial charge in [0.2, 0.25) is 0 Å². The molecule has 36 heavy (non-hydrogen) atoms. The summed E-state index contributed by atoms with van der Waals surface area (Å²) in [5, 5.41) is 12.9. The van der Waals surface area contributed by atoms with Crippen molar-refractivity contribution in [2.24, 2.45) is 0 Å². The number of benzene rings is 2. The van der Waals surface area contributed by atoms with Crippen LogP contribution in [0.1, 0.15) is 51.7 Å². The quantitative estimate of drug-likeness (QED) is 0.187. The van der Waals surface area contributed by atoms with Crippen LogP contribution >= 0.6 is 27.3 Å². The lowest BCUT2D eigenvalue weighted by Crippen LogP contribution is -2.16. The van der Waals surface area contributed by atoms with Gasteiger partial charge in [0, 0.05) is 4.88 Å². The van der Waals surface area contributed by atoms with E-state index in [0.717, 1.165) is 41.7 Å². The maximum absolute atomic E-state index is 13.0. The number of nitriles is 1. The van der Waals surface area contributed by atoms with Crippen LogP contribution in [0.25, 0.3) is 6.08 Å². The molecule has 1 heterocycles. The number of rotatable bonds is 8. The van der Waals surface area contributed by atoms with E-state index in [4.69, 9.17) is 9.47 Å². The van der Waals surface area contributed by atoms with Crippen molar-refractivity contribution in [1.29, 1.82) is 5.26 Å². The Morgan fingerprint density at radius 3 is 2.67 bits per heavy atom. The molecule has 0 radical (unpaired) electrons. The average Bonchev–Trinajstić information content (AvgIpc) is 3.25. The third-order valence-electron chi connectivity index (χ3n) is 5.75. The van der Waals surface area contributed by atoms with E-state index in [9.17, 15) is 14.9 Å². The Morgan fingerprint density at radius 1 is 1.17 bits per heavy atom. The molecular formula is C28H25BrN2O4S. The zero-order chi connectivity index (χ0) is 25.5. The van der Waals surface area contributed by atoms with Gasteiger partial charge in [0.1, 0.15) is 29.0 Å². The van der Waals surface area contributed by atoms with Crippen LogP contribution < -0.4 is 10.1 Å². The Hall–Kier alpha value is -3.41. The monoisotopic (exact) mass is 564 g/mol. The second-order valence-corrected chi connectivity index (χ2v) is 10.2. The van der Waals surface area contributed by atoms with Crippen LogP contribution in [0, 0.1) is 11.3 Å². The van der Waals surface area contributed by atoms with Crippen LogP contribution in [-0.2, 0) is 29.0 Å². The minimum atomic E-state index is -0.567. The Kier molecular flexibility index (Phi) is 8.57. The number of amides is 1. The molecule has 8 heteroatoms. The smallest absolute Gasteiger partial charge is 0.341 e. The van der Waals surface area contributed by atoms with E-state index in [1.807, 2.05) is 36.4 Å². The number of esters is 1. The highest BCUT2D eigenvalue weighted by Crippen LogP contribution is 2.39. The SMILES string of the molecule is CCOC(=O)c1c(NC(=O)/C(C#N)=C/c2ccc(OCc3ccccc3)c(Br)c2)sc2c1CCCC2. The van der Waals surface area contributed by atoms with Crippen LogP contribution in [0.2, 0.25) is 0 Å². The number of carbonyl (C=O) groups is 2. The number of carbonyl (C=O) groups excluding carboxylic acids is 2. The third kappa shape index (κ3) is 6.04. The number of ether oxygens (including phenoxy) is 2. The predicted octanol–water partition coefficient (Wildman–Crippen LogP) is 6.69. The molecule has 1 aliphatic carbocycles. The zero-order valence-electron chi connectivity index (χ0n) is 19.8. The summed E-state index contributed by atoms with van der Waals surface area (Å²) in [6.07, 6.45) is 5.21. The zero-order valence-corrected chi connectivity index (χ0v) is 22.2. The van der Waals surface area contributed by atoms with Crippen LogP contribution in [0.4, 0.5) is 5.00 Å². The Bertz CT molecular complexity index is 1340. The van der Waals surface area contributed by atoms with Gasteiger partial charge in [0.05, 0.1) is 16.6 Å². The minimum Gasteiger partial charge on any atom is -0.488 e. The number of fused-ring (bicyclic) bond motifs is 1. The van der Waals surface area contributed by atoms with Gasteiger partial charge in [-0.05, 0) is 83.4 Å². The first-order valence-corrected chi connectivity index (χ1v) is 13.3. The van der Waals surface area contributed by atoms with E-state index in [0.29, 0.717) is 33.0 Å². The highest BCUT2D eigenvalue weighted by atomic mass is 79.9. The summed E-state index contributed by atoms with van der Waals surface area (Å²) >= 11 is 4.90. The molecule has 4 rings (SSSR count). The fourth-order valence-electron chi connectivity index (χ4n) is 4.02. The Morgan fingerprint density at radius 2 is 1.94 bits per heavy atom. The van der Waals surface area contributed by atoms with Gasteiger partial charge in [-0.25, -0.2) is 4.79 Å². The molecular weight excluding hydrogens is 540 g/mol. The fourth-order valence-corrected chi connectivity index (χ4v) is 5.80. The van der Waals surface area contributed by atoms with Gasteiger partial charge in [-0.2, -0.15) is 5.26 Å². The first-order valence-electron chi connectivity index (χ1n) is 11.7. The molecule has 0 unspecified atom stereocenters. The van der Waals surface area contributed by atoms with Crippen LogP contribution in [0.5, 0.6) is 5.75 Å². The first-order chi connectivity index (χ1) is 17.5. The first kappa shape index (κ1) is 25.7. The van der Waals surface area contributed by atoms with E-state index in [2.05, 4.69) is 21.2 Å². The van der Waals surface area contributed by atoms with Crippen molar-refractivity contribution in [2.75, 3.05) is 11.9 Å². The van der Waals surface area contributed by atoms with Crippen molar-refractivity contribution in [3.8, 4) is 11.8 Å². The molecule has 184 valence electrons. The van der Waals surface area contributed by atoms with E-state index in [-0.39, 0.29) is 12.2 Å². The average molecular weight is 565 g/mol. The summed E-state index contributed by atoms with van der Waals surface area (Å²) < 4.78 is 11.8. The van der Waals surface area contributed by atoms with Crippen molar-refractivity contribution in [3.63, 3.8) is 0 Å². The molecule has 0 fully saturated rings. The van der Waals surface area contributed by atoms with E-state index < -0.39 is 11.9 Å². The summed E-state index contributed by atoms with van der Waals surface area (Å²) in [4.78, 5) is 26.8. The largest absolute Gasteiger partial charge is 0.488 e. The van der Waals surface area contributed by atoms with E-state index >= 15 is 0 Å². The minimum absolute atomic E-state index is 0.0685. The van der Waals surface area contributed by atoms with Gasteiger partial charge >= 0.3 is 5.97 Å². The second-order valence-electron chi connectivity index (χ2n) is 8.22. The molecule has 0 bridgehead atoms. The maximum Gasteiger partial charge on any atom is 0.341 e. The molecule has 2 aromatic carbocycles. The molecule has 1 N–H and O–H groups in total. The van der Waals surface area contributed by atoms with Gasteiger partial charge < -0.3 is 14.8 Å². The molecule has 0 saturated heterocycles. The lowest BCUT2D eigenvalue weighted by molar-refractivity contribution is -0.112. The maximum atomic E-state index is 13.0. The predicted molar refractivity (Wildman–Crippen MR) is 144 cm³/mol. The highest BCUT2D eigenvalue weighted by Gasteiger charge is 2.27. The summed E-state index contributed by atoms with van der Waals surface area (Å²) in [5.74, 6) is -0.353. The number of anilines is 1. The van der Waals surface area contributed by atoms with Crippen molar-refractivity contribution in [2.45, 2.75) is 39.2 Å². The second kappa shape index (κ2) is 12.0. The van der Waals surface area contributed by atoms with Gasteiger partial charge in [-0.15, -0.1) is 11.3 Å². The van der Waals surface area contributed by atoms with Crippen LogP contribution in [0.15, 0.2) is 58.6 Å². The van der Waals surface area contributed by atoms with E-state index in [1.54, 1.807) is 25.1 Å². The number of halogens is 1. The van der Waals surface area contributed by atoms with Gasteiger partial charge in [-0.1, -0.05) is 36.4 Å². The Balaban J connectivity index is 1.52. The lowest BCUT2D eigenvalue weighted by Gasteiger charge is -2.12. The molecule has 0 spiro atoms. The molecule has 0 aliphatic heterocycles. The van der Waals surface area contributed by atoms with Crippen molar-refractivity contribution >= 4 is 50.2 Å². The summed E-state index contributed by atoms with van der Waals surface area (Å²) in [6, 6.07) is 17.2. The van der Waals surface area contributed by atoms with Gasteiger partial charge in [0.25, 0.3) is 5.91 Å². The van der Waals surface area contributed by atoms with Gasteiger partial charge in [0.15, 0.2) is 0 Å². The molecule has 1 aromatic heterocycles. The van der Waals surface area contributed by atoms with Crippen molar-refractivity contribution in [3.05, 3.63) is 85.7 Å². The fraction of sp³-hybridized carbons (Fsp3) is 0.250. The Labute approximate surface area is 222 Å². The molecule has 3 aromatic rings. The van der Waals surface area contributed by atoms with Crippen molar-refractivity contribution < 1.29 is 19.1 Å².